The molecule has 2 aliphatic heterocycles. The average Bonchev–Trinajstić information content (AvgIpc) is 3.50. The Labute approximate surface area is 170 Å². The second-order valence-electron chi connectivity index (χ2n) is 7.36. The minimum absolute atomic E-state index is 0.479. The van der Waals surface area contributed by atoms with E-state index in [9.17, 15) is 0 Å². The first-order valence-corrected chi connectivity index (χ1v) is 10.3. The highest BCUT2D eigenvalue weighted by molar-refractivity contribution is 7.21. The van der Waals surface area contributed by atoms with Crippen LogP contribution < -0.4 is 15.5 Å². The van der Waals surface area contributed by atoms with Crippen LogP contribution in [0.15, 0.2) is 35.2 Å². The second-order valence-corrected chi connectivity index (χ2v) is 8.39. The first-order valence-electron chi connectivity index (χ1n) is 9.50. The highest BCUT2D eigenvalue weighted by Gasteiger charge is 2.39. The van der Waals surface area contributed by atoms with Crippen molar-refractivity contribution >= 4 is 39.1 Å². The number of nitrogens with one attached hydrogen (secondary N) is 2. The molecule has 0 unspecified atom stereocenters. The smallest absolute Gasteiger partial charge is 0.255 e. The third kappa shape index (κ3) is 3.00. The highest BCUT2D eigenvalue weighted by Crippen LogP contribution is 2.31. The van der Waals surface area contributed by atoms with E-state index in [2.05, 4.69) is 35.5 Å². The van der Waals surface area contributed by atoms with Crippen LogP contribution in [0.25, 0.3) is 21.1 Å². The van der Waals surface area contributed by atoms with Crippen LogP contribution in [0.4, 0.5) is 17.6 Å². The van der Waals surface area contributed by atoms with Gasteiger partial charge in [0.1, 0.15) is 17.9 Å². The molecule has 0 aliphatic carbocycles. The molecule has 6 rings (SSSR count). The normalized spacial score (nSPS) is 20.7. The summed E-state index contributed by atoms with van der Waals surface area (Å²) in [5, 5.41) is 7.56. The van der Waals surface area contributed by atoms with Gasteiger partial charge in [-0.15, -0.1) is 11.3 Å². The van der Waals surface area contributed by atoms with Crippen LogP contribution in [-0.2, 0) is 0 Å². The van der Waals surface area contributed by atoms with Crippen molar-refractivity contribution in [1.82, 2.24) is 30.2 Å². The molecule has 2 saturated heterocycles. The maximum Gasteiger partial charge on any atom is 0.255 e. The molecule has 2 N–H and O–H groups in total. The summed E-state index contributed by atoms with van der Waals surface area (Å²) in [6.07, 6.45) is 6.13. The van der Waals surface area contributed by atoms with Crippen LogP contribution in [-0.4, -0.2) is 50.1 Å². The van der Waals surface area contributed by atoms with Gasteiger partial charge in [0.05, 0.1) is 16.4 Å². The summed E-state index contributed by atoms with van der Waals surface area (Å²) in [4.78, 5) is 25.0. The van der Waals surface area contributed by atoms with Crippen molar-refractivity contribution in [3.63, 3.8) is 0 Å². The lowest BCUT2D eigenvalue weighted by molar-refractivity contribution is 0.571. The third-order valence-corrected chi connectivity index (χ3v) is 6.30. The van der Waals surface area contributed by atoms with Gasteiger partial charge in [-0.1, -0.05) is 0 Å². The zero-order chi connectivity index (χ0) is 19.4. The van der Waals surface area contributed by atoms with Crippen molar-refractivity contribution in [2.75, 3.05) is 23.3 Å². The lowest BCUT2D eigenvalue weighted by atomic mass is 10.2. The van der Waals surface area contributed by atoms with Crippen LogP contribution >= 0.6 is 11.3 Å². The maximum absolute atomic E-state index is 5.35. The van der Waals surface area contributed by atoms with E-state index in [0.29, 0.717) is 23.8 Å². The summed E-state index contributed by atoms with van der Waals surface area (Å²) in [6, 6.07) is 4.87. The van der Waals surface area contributed by atoms with Gasteiger partial charge in [-0.2, -0.15) is 4.98 Å². The number of pyridine rings is 1. The predicted molar refractivity (Wildman–Crippen MR) is 111 cm³/mol. The van der Waals surface area contributed by atoms with Gasteiger partial charge in [0.2, 0.25) is 5.95 Å². The Morgan fingerprint density at radius 2 is 2.17 bits per heavy atom. The fourth-order valence-electron chi connectivity index (χ4n) is 4.01. The van der Waals surface area contributed by atoms with Crippen molar-refractivity contribution in [1.29, 1.82) is 0 Å². The molecule has 6 heterocycles. The number of aromatic nitrogens is 5. The number of hydrogen-bond donors (Lipinski definition) is 2. The van der Waals surface area contributed by atoms with E-state index >= 15 is 0 Å². The Morgan fingerprint density at radius 1 is 1.21 bits per heavy atom. The molecule has 0 spiro atoms. The molecule has 0 radical (unpaired) electrons. The Hall–Kier alpha value is -3.11. The molecule has 2 bridgehead atoms. The van der Waals surface area contributed by atoms with Gasteiger partial charge < -0.3 is 20.0 Å². The van der Waals surface area contributed by atoms with E-state index < -0.39 is 0 Å². The molecule has 0 aromatic carbocycles. The Balaban J connectivity index is 1.29. The molecule has 146 valence electrons. The fraction of sp³-hybridized carbons (Fsp3) is 0.316. The number of piperazine rings is 1. The van der Waals surface area contributed by atoms with Gasteiger partial charge in [-0.25, -0.2) is 19.9 Å². The zero-order valence-electron chi connectivity index (χ0n) is 15.7. The van der Waals surface area contributed by atoms with Crippen LogP contribution in [0.2, 0.25) is 0 Å². The first-order chi connectivity index (χ1) is 14.2. The summed E-state index contributed by atoms with van der Waals surface area (Å²) < 4.78 is 6.32. The number of aryl methyl sites for hydroxylation is 1. The monoisotopic (exact) mass is 406 g/mol. The summed E-state index contributed by atoms with van der Waals surface area (Å²) in [5.41, 5.74) is 1.77. The van der Waals surface area contributed by atoms with Gasteiger partial charge in [-0.05, 0) is 13.3 Å². The van der Waals surface area contributed by atoms with Gasteiger partial charge in [-0.3, -0.25) is 0 Å². The van der Waals surface area contributed by atoms with Crippen LogP contribution in [0.1, 0.15) is 12.1 Å². The van der Waals surface area contributed by atoms with E-state index in [1.54, 1.807) is 12.5 Å². The highest BCUT2D eigenvalue weighted by atomic mass is 32.1. The molecule has 4 aromatic rings. The minimum atomic E-state index is 0.479. The largest absolute Gasteiger partial charge is 0.443 e. The number of oxazole rings is 1. The summed E-state index contributed by atoms with van der Waals surface area (Å²) in [6.45, 7) is 3.95. The van der Waals surface area contributed by atoms with Crippen LogP contribution in [0.3, 0.4) is 0 Å². The number of nitrogens with zero attached hydrogens (tertiary/aromatic N) is 6. The summed E-state index contributed by atoms with van der Waals surface area (Å²) >= 11 is 1.50. The van der Waals surface area contributed by atoms with Gasteiger partial charge in [0.15, 0.2) is 5.01 Å². The topological polar surface area (TPSA) is 105 Å². The molecule has 10 heteroatoms. The van der Waals surface area contributed by atoms with Gasteiger partial charge >= 0.3 is 0 Å². The van der Waals surface area contributed by atoms with E-state index in [-0.39, 0.29) is 0 Å². The standard InChI is InChI=1S/C19H18N8OS/c1-10-4-16(26-19(23-10)27-9-11-5-12(27)7-21-11)25-15-6-13-14(8-22-15)29-18(24-13)17-20-2-3-28-17/h2-4,6,8,11-12,21H,5,7,9H2,1H3,(H,22,23,25,26)/t11-,12-/m0/s1. The zero-order valence-corrected chi connectivity index (χ0v) is 16.5. The van der Waals surface area contributed by atoms with Gasteiger partial charge in [0.25, 0.3) is 5.89 Å². The van der Waals surface area contributed by atoms with Crippen molar-refractivity contribution in [3.8, 4) is 10.9 Å². The predicted octanol–water partition coefficient (Wildman–Crippen LogP) is 2.74. The van der Waals surface area contributed by atoms with Crippen LogP contribution in [0.5, 0.6) is 0 Å². The molecule has 0 amide bonds. The lowest BCUT2D eigenvalue weighted by Crippen LogP contribution is -2.44. The molecule has 2 aliphatic rings. The molecule has 4 aromatic heterocycles. The minimum Gasteiger partial charge on any atom is -0.443 e. The number of hydrogen-bond acceptors (Lipinski definition) is 10. The molecule has 0 saturated carbocycles. The number of thiazole rings is 1. The van der Waals surface area contributed by atoms with E-state index in [1.165, 1.54) is 11.3 Å². The lowest BCUT2D eigenvalue weighted by Gasteiger charge is -2.27. The second kappa shape index (κ2) is 6.46. The fourth-order valence-corrected chi connectivity index (χ4v) is 4.86. The quantitative estimate of drug-likeness (QED) is 0.529. The average molecular weight is 406 g/mol. The number of anilines is 3. The summed E-state index contributed by atoms with van der Waals surface area (Å²) in [7, 11) is 0. The Kier molecular flexibility index (Phi) is 3.74. The molecule has 29 heavy (non-hydrogen) atoms. The van der Waals surface area contributed by atoms with Crippen molar-refractivity contribution in [2.24, 2.45) is 0 Å². The van der Waals surface area contributed by atoms with Crippen LogP contribution in [0, 0.1) is 6.92 Å². The first kappa shape index (κ1) is 16.8. The van der Waals surface area contributed by atoms with E-state index in [0.717, 1.165) is 52.2 Å². The Bertz CT molecular complexity index is 1190. The molecule has 2 atom stereocenters. The van der Waals surface area contributed by atoms with E-state index in [1.807, 2.05) is 25.3 Å². The van der Waals surface area contributed by atoms with Crippen molar-refractivity contribution in [2.45, 2.75) is 25.4 Å². The number of rotatable bonds is 4. The third-order valence-electron chi connectivity index (χ3n) is 5.30. The SMILES string of the molecule is Cc1cc(Nc2cc3nc(-c4ncco4)sc3cn2)nc(N2C[C@@H]3C[C@H]2CN3)n1. The molecular formula is C19H18N8OS. The van der Waals surface area contributed by atoms with E-state index in [4.69, 9.17) is 9.40 Å². The molecular weight excluding hydrogens is 388 g/mol. The van der Waals surface area contributed by atoms with Gasteiger partial charge in [0, 0.05) is 49.2 Å². The Morgan fingerprint density at radius 3 is 2.97 bits per heavy atom. The molecule has 9 nitrogen and oxygen atoms in total. The van der Waals surface area contributed by atoms with Crippen molar-refractivity contribution < 1.29 is 4.42 Å². The molecule has 2 fully saturated rings. The summed E-state index contributed by atoms with van der Waals surface area (Å²) in [5.74, 6) is 2.72. The number of fused-ring (bicyclic) bond motifs is 3. The maximum atomic E-state index is 5.35. The van der Waals surface area contributed by atoms with Crippen molar-refractivity contribution in [3.05, 3.63) is 36.5 Å².